The van der Waals surface area contributed by atoms with Crippen LogP contribution in [0.5, 0.6) is 0 Å². The lowest BCUT2D eigenvalue weighted by Crippen LogP contribution is -2.43. The molecule has 0 N–H and O–H groups in total. The Labute approximate surface area is 175 Å². The molecule has 1 aromatic rings. The third-order valence-corrected chi connectivity index (χ3v) is 14.6. The highest BCUT2D eigenvalue weighted by Crippen LogP contribution is 2.45. The summed E-state index contributed by atoms with van der Waals surface area (Å²) in [5.41, 5.74) is 13.7. The summed E-state index contributed by atoms with van der Waals surface area (Å²) < 4.78 is 0. The van der Waals surface area contributed by atoms with E-state index in [-0.39, 0.29) is 0 Å². The Morgan fingerprint density at radius 1 is 0.857 bits per heavy atom. The van der Waals surface area contributed by atoms with E-state index in [1.807, 2.05) is 0 Å². The Morgan fingerprint density at radius 3 is 1.96 bits per heavy atom. The molecular formula is C26H41NSi. The molecule has 28 heavy (non-hydrogen) atoms. The standard InChI is InChI=1S/C26H41NSi/c1-9-26(10-2)16-23-21-12-11-13-22(21)24(27-25(23)17-26)14-15-28(18(3)4,19(5)6)20(7)8/h18-20H,9-13,16-17H2,1-8H3. The van der Waals surface area contributed by atoms with Crippen LogP contribution in [0.1, 0.15) is 103 Å². The first kappa shape index (κ1) is 21.6. The highest BCUT2D eigenvalue weighted by molar-refractivity contribution is 6.90. The van der Waals surface area contributed by atoms with Gasteiger partial charge in [0.2, 0.25) is 0 Å². The van der Waals surface area contributed by atoms with Crippen LogP contribution in [0.2, 0.25) is 16.6 Å². The molecule has 0 amide bonds. The molecule has 0 atom stereocenters. The molecular weight excluding hydrogens is 354 g/mol. The van der Waals surface area contributed by atoms with Gasteiger partial charge < -0.3 is 0 Å². The molecule has 1 aromatic heterocycles. The van der Waals surface area contributed by atoms with Gasteiger partial charge in [0.1, 0.15) is 13.8 Å². The van der Waals surface area contributed by atoms with Crippen LogP contribution in [0, 0.1) is 16.9 Å². The summed E-state index contributed by atoms with van der Waals surface area (Å²) in [6.45, 7) is 19.1. The van der Waals surface area contributed by atoms with E-state index in [2.05, 4.69) is 66.9 Å². The first-order chi connectivity index (χ1) is 13.2. The van der Waals surface area contributed by atoms with Crippen molar-refractivity contribution in [2.45, 2.75) is 117 Å². The fraction of sp³-hybridized carbons (Fsp3) is 0.731. The Bertz CT molecular complexity index is 765. The van der Waals surface area contributed by atoms with Crippen molar-refractivity contribution in [3.8, 4) is 11.5 Å². The zero-order valence-corrected chi connectivity index (χ0v) is 20.6. The lowest BCUT2D eigenvalue weighted by atomic mass is 9.79. The number of hydrogen-bond acceptors (Lipinski definition) is 1. The van der Waals surface area contributed by atoms with Crippen LogP contribution in [-0.2, 0) is 25.7 Å². The Kier molecular flexibility index (Phi) is 6.17. The molecule has 2 aliphatic carbocycles. The second-order valence-corrected chi connectivity index (χ2v) is 16.0. The molecule has 0 bridgehead atoms. The minimum Gasteiger partial charge on any atom is -0.244 e. The van der Waals surface area contributed by atoms with Crippen molar-refractivity contribution in [3.63, 3.8) is 0 Å². The van der Waals surface area contributed by atoms with Gasteiger partial charge in [-0.1, -0.05) is 61.3 Å². The van der Waals surface area contributed by atoms with E-state index in [1.54, 1.807) is 11.1 Å². The van der Waals surface area contributed by atoms with E-state index in [0.29, 0.717) is 22.0 Å². The summed E-state index contributed by atoms with van der Waals surface area (Å²) in [5.74, 6) is 3.72. The quantitative estimate of drug-likeness (QED) is 0.384. The second-order valence-electron chi connectivity index (χ2n) is 10.4. The van der Waals surface area contributed by atoms with Gasteiger partial charge in [-0.15, -0.1) is 5.54 Å². The van der Waals surface area contributed by atoms with Gasteiger partial charge in [0.05, 0.1) is 0 Å². The van der Waals surface area contributed by atoms with Crippen molar-refractivity contribution in [1.82, 2.24) is 4.98 Å². The smallest absolute Gasteiger partial charge is 0.146 e. The molecule has 154 valence electrons. The SMILES string of the molecule is CCC1(CC)Cc2nc(C#C[Si](C(C)C)(C(C)C)C(C)C)c3c(c2C1)CCC3. The molecule has 3 rings (SSSR count). The van der Waals surface area contributed by atoms with Crippen LogP contribution in [0.25, 0.3) is 0 Å². The summed E-state index contributed by atoms with van der Waals surface area (Å²) in [4.78, 5) is 5.25. The van der Waals surface area contributed by atoms with Gasteiger partial charge in [0.15, 0.2) is 0 Å². The molecule has 1 nitrogen and oxygen atoms in total. The molecule has 0 radical (unpaired) electrons. The molecule has 1 heterocycles. The van der Waals surface area contributed by atoms with E-state index in [0.717, 1.165) is 5.69 Å². The van der Waals surface area contributed by atoms with Gasteiger partial charge in [-0.05, 0) is 83.7 Å². The van der Waals surface area contributed by atoms with Crippen LogP contribution in [0.15, 0.2) is 0 Å². The summed E-state index contributed by atoms with van der Waals surface area (Å²) in [5, 5.41) is 0. The third-order valence-electron chi connectivity index (χ3n) is 8.32. The minimum absolute atomic E-state index is 0.448. The van der Waals surface area contributed by atoms with Crippen molar-refractivity contribution in [2.75, 3.05) is 0 Å². The molecule has 0 saturated carbocycles. The van der Waals surface area contributed by atoms with Crippen molar-refractivity contribution in [1.29, 1.82) is 0 Å². The monoisotopic (exact) mass is 395 g/mol. The van der Waals surface area contributed by atoms with Crippen molar-refractivity contribution in [3.05, 3.63) is 28.1 Å². The molecule has 2 heteroatoms. The predicted molar refractivity (Wildman–Crippen MR) is 125 cm³/mol. The number of pyridine rings is 1. The highest BCUT2D eigenvalue weighted by atomic mass is 28.3. The first-order valence-electron chi connectivity index (χ1n) is 11.8. The van der Waals surface area contributed by atoms with E-state index < -0.39 is 8.07 Å². The number of rotatable bonds is 5. The average Bonchev–Trinajstić information content (AvgIpc) is 3.26. The van der Waals surface area contributed by atoms with E-state index in [9.17, 15) is 0 Å². The van der Waals surface area contributed by atoms with Crippen molar-refractivity contribution < 1.29 is 0 Å². The Morgan fingerprint density at radius 2 is 1.43 bits per heavy atom. The fourth-order valence-corrected chi connectivity index (χ4v) is 11.6. The topological polar surface area (TPSA) is 12.9 Å². The zero-order valence-electron chi connectivity index (χ0n) is 19.6. The van der Waals surface area contributed by atoms with Crippen molar-refractivity contribution >= 4 is 8.07 Å². The maximum absolute atomic E-state index is 5.25. The van der Waals surface area contributed by atoms with E-state index in [1.165, 1.54) is 56.2 Å². The van der Waals surface area contributed by atoms with Crippen LogP contribution in [-0.4, -0.2) is 13.1 Å². The van der Waals surface area contributed by atoms with Gasteiger partial charge in [0.25, 0.3) is 0 Å². The third kappa shape index (κ3) is 3.39. The highest BCUT2D eigenvalue weighted by Gasteiger charge is 2.42. The van der Waals surface area contributed by atoms with Crippen LogP contribution in [0.3, 0.4) is 0 Å². The van der Waals surface area contributed by atoms with Gasteiger partial charge in [-0.25, -0.2) is 4.98 Å². The molecule has 0 aromatic carbocycles. The summed E-state index contributed by atoms with van der Waals surface area (Å²) in [7, 11) is -1.71. The van der Waals surface area contributed by atoms with Gasteiger partial charge in [-0.2, -0.15) is 0 Å². The number of hydrogen-bond donors (Lipinski definition) is 0. The lowest BCUT2D eigenvalue weighted by Gasteiger charge is -2.38. The second kappa shape index (κ2) is 7.98. The van der Waals surface area contributed by atoms with Crippen LogP contribution < -0.4 is 0 Å². The normalized spacial score (nSPS) is 17.8. The summed E-state index contributed by atoms with van der Waals surface area (Å²) in [6, 6.07) is 0. The molecule has 0 unspecified atom stereocenters. The number of nitrogens with zero attached hydrogens (tertiary/aromatic N) is 1. The van der Waals surface area contributed by atoms with Gasteiger partial charge in [0, 0.05) is 5.69 Å². The predicted octanol–water partition coefficient (Wildman–Crippen LogP) is 7.04. The van der Waals surface area contributed by atoms with Gasteiger partial charge in [-0.3, -0.25) is 0 Å². The molecule has 2 aliphatic rings. The molecule has 0 aliphatic heterocycles. The fourth-order valence-electron chi connectivity index (χ4n) is 6.38. The maximum atomic E-state index is 5.25. The van der Waals surface area contributed by atoms with Crippen molar-refractivity contribution in [2.24, 2.45) is 5.41 Å². The largest absolute Gasteiger partial charge is 0.244 e. The summed E-state index contributed by atoms with van der Waals surface area (Å²) >= 11 is 0. The molecule has 0 saturated heterocycles. The van der Waals surface area contributed by atoms with Crippen LogP contribution >= 0.6 is 0 Å². The average molecular weight is 396 g/mol. The Balaban J connectivity index is 2.10. The Hall–Kier alpha value is -1.07. The lowest BCUT2D eigenvalue weighted by molar-refractivity contribution is 0.279. The molecule has 0 spiro atoms. The van der Waals surface area contributed by atoms with E-state index >= 15 is 0 Å². The summed E-state index contributed by atoms with van der Waals surface area (Å²) in [6.07, 6.45) is 8.66. The van der Waals surface area contributed by atoms with E-state index in [4.69, 9.17) is 4.98 Å². The minimum atomic E-state index is -1.71. The number of fused-ring (bicyclic) bond motifs is 3. The van der Waals surface area contributed by atoms with Crippen LogP contribution in [0.4, 0.5) is 0 Å². The zero-order chi connectivity index (χ0) is 20.7. The van der Waals surface area contributed by atoms with Gasteiger partial charge >= 0.3 is 0 Å². The molecule has 0 fully saturated rings. The maximum Gasteiger partial charge on any atom is 0.146 e. The number of aromatic nitrogens is 1. The first-order valence-corrected chi connectivity index (χ1v) is 14.0.